The average molecular weight is 246 g/mol. The van der Waals surface area contributed by atoms with Crippen LogP contribution in [0.5, 0.6) is 11.5 Å². The first-order valence-electron chi connectivity index (χ1n) is 5.77. The Labute approximate surface area is 104 Å². The van der Waals surface area contributed by atoms with Crippen LogP contribution in [0.1, 0.15) is 12.5 Å². The van der Waals surface area contributed by atoms with Gasteiger partial charge in [-0.1, -0.05) is 5.16 Å². The molecule has 18 heavy (non-hydrogen) atoms. The number of hydrogen-bond acceptors (Lipinski definition) is 5. The molecule has 0 radical (unpaired) electrons. The molecule has 1 aromatic heterocycles. The van der Waals surface area contributed by atoms with Crippen LogP contribution >= 0.6 is 0 Å². The van der Waals surface area contributed by atoms with Crippen LogP contribution in [0.4, 0.5) is 5.88 Å². The van der Waals surface area contributed by atoms with Gasteiger partial charge in [0, 0.05) is 23.6 Å². The summed E-state index contributed by atoms with van der Waals surface area (Å²) in [6.07, 6.45) is 1.04. The van der Waals surface area contributed by atoms with E-state index in [-0.39, 0.29) is 6.10 Å². The number of nitrogen functional groups attached to an aromatic ring is 1. The lowest BCUT2D eigenvalue weighted by Gasteiger charge is -2.09. The van der Waals surface area contributed by atoms with E-state index in [1.165, 1.54) is 0 Å². The van der Waals surface area contributed by atoms with Crippen LogP contribution in [-0.2, 0) is 6.42 Å². The fourth-order valence-corrected chi connectivity index (χ4v) is 2.22. The van der Waals surface area contributed by atoms with E-state index in [1.807, 2.05) is 19.1 Å². The van der Waals surface area contributed by atoms with Crippen LogP contribution in [0.2, 0.25) is 0 Å². The summed E-state index contributed by atoms with van der Waals surface area (Å²) >= 11 is 0. The number of nitrogens with two attached hydrogens (primary N) is 1. The van der Waals surface area contributed by atoms with Gasteiger partial charge in [0.05, 0.1) is 7.11 Å². The Morgan fingerprint density at radius 1 is 1.39 bits per heavy atom. The molecular formula is C13H14N2O3. The van der Waals surface area contributed by atoms with E-state index in [4.69, 9.17) is 19.7 Å². The van der Waals surface area contributed by atoms with Crippen LogP contribution in [0.25, 0.3) is 11.3 Å². The minimum absolute atomic E-state index is 0.173. The number of anilines is 1. The lowest BCUT2D eigenvalue weighted by Crippen LogP contribution is -2.05. The first-order chi connectivity index (χ1) is 8.67. The Morgan fingerprint density at radius 2 is 2.22 bits per heavy atom. The second-order valence-electron chi connectivity index (χ2n) is 4.41. The molecule has 0 saturated heterocycles. The first kappa shape index (κ1) is 11.0. The summed E-state index contributed by atoms with van der Waals surface area (Å²) in [6.45, 7) is 2.03. The third-order valence-corrected chi connectivity index (χ3v) is 3.00. The summed E-state index contributed by atoms with van der Waals surface area (Å²) < 4.78 is 16.0. The molecule has 0 saturated carbocycles. The number of methoxy groups -OCH3 is 1. The molecule has 2 heterocycles. The van der Waals surface area contributed by atoms with Crippen molar-refractivity contribution in [2.24, 2.45) is 0 Å². The number of ether oxygens (including phenoxy) is 2. The van der Waals surface area contributed by atoms with Crippen molar-refractivity contribution < 1.29 is 14.0 Å². The molecule has 0 bridgehead atoms. The van der Waals surface area contributed by atoms with E-state index in [0.29, 0.717) is 17.3 Å². The fourth-order valence-electron chi connectivity index (χ4n) is 2.22. The number of fused-ring (bicyclic) bond motifs is 1. The summed E-state index contributed by atoms with van der Waals surface area (Å²) in [5.74, 6) is 1.84. The highest BCUT2D eigenvalue weighted by Crippen LogP contribution is 2.41. The second kappa shape index (κ2) is 3.94. The Bertz CT molecular complexity index is 592. The monoisotopic (exact) mass is 246 g/mol. The minimum atomic E-state index is 0.173. The summed E-state index contributed by atoms with van der Waals surface area (Å²) in [7, 11) is 1.63. The van der Waals surface area contributed by atoms with E-state index >= 15 is 0 Å². The molecule has 2 N–H and O–H groups in total. The largest absolute Gasteiger partial charge is 0.493 e. The van der Waals surface area contributed by atoms with Crippen molar-refractivity contribution >= 4 is 5.88 Å². The Balaban J connectivity index is 2.10. The van der Waals surface area contributed by atoms with Gasteiger partial charge in [-0.25, -0.2) is 0 Å². The molecule has 5 heteroatoms. The highest BCUT2D eigenvalue weighted by molar-refractivity contribution is 5.68. The van der Waals surface area contributed by atoms with Gasteiger partial charge in [0.1, 0.15) is 11.8 Å². The predicted octanol–water partition coefficient (Wildman–Crippen LogP) is 2.26. The summed E-state index contributed by atoms with van der Waals surface area (Å²) in [6, 6.07) is 5.62. The third-order valence-electron chi connectivity index (χ3n) is 3.00. The second-order valence-corrected chi connectivity index (χ2v) is 4.41. The smallest absolute Gasteiger partial charge is 0.222 e. The number of benzene rings is 1. The lowest BCUT2D eigenvalue weighted by atomic mass is 10.0. The van der Waals surface area contributed by atoms with Gasteiger partial charge in [-0.3, -0.25) is 0 Å². The molecule has 1 aromatic carbocycles. The van der Waals surface area contributed by atoms with Gasteiger partial charge in [-0.15, -0.1) is 0 Å². The van der Waals surface area contributed by atoms with Gasteiger partial charge in [-0.05, 0) is 19.1 Å². The molecular weight excluding hydrogens is 232 g/mol. The summed E-state index contributed by atoms with van der Waals surface area (Å²) in [5.41, 5.74) is 8.28. The Hall–Kier alpha value is -2.17. The Morgan fingerprint density at radius 3 is 2.89 bits per heavy atom. The van der Waals surface area contributed by atoms with Gasteiger partial charge in [0.25, 0.3) is 0 Å². The molecule has 1 atom stereocenters. The molecule has 3 rings (SSSR count). The SMILES string of the molecule is COc1cc(-c2cc(N)on2)cc2c1OC(C)C2. The standard InChI is InChI=1S/C13H14N2O3/c1-7-3-9-4-8(10-6-12(14)18-15-10)5-11(16-2)13(9)17-7/h4-7H,3,14H2,1-2H3. The highest BCUT2D eigenvalue weighted by atomic mass is 16.5. The normalized spacial score (nSPS) is 17.3. The van der Waals surface area contributed by atoms with E-state index < -0.39 is 0 Å². The zero-order valence-corrected chi connectivity index (χ0v) is 10.3. The molecule has 0 fully saturated rings. The molecule has 0 spiro atoms. The van der Waals surface area contributed by atoms with Crippen molar-refractivity contribution in [3.05, 3.63) is 23.8 Å². The zero-order valence-electron chi connectivity index (χ0n) is 10.3. The number of rotatable bonds is 2. The van der Waals surface area contributed by atoms with Gasteiger partial charge in [0.2, 0.25) is 5.88 Å². The molecule has 1 unspecified atom stereocenters. The topological polar surface area (TPSA) is 70.5 Å². The van der Waals surface area contributed by atoms with Crippen LogP contribution in [-0.4, -0.2) is 18.4 Å². The van der Waals surface area contributed by atoms with Crippen LogP contribution in [0.3, 0.4) is 0 Å². The van der Waals surface area contributed by atoms with Crippen LogP contribution < -0.4 is 15.2 Å². The fraction of sp³-hybridized carbons (Fsp3) is 0.308. The maximum absolute atomic E-state index is 5.73. The Kier molecular flexibility index (Phi) is 2.40. The molecule has 0 amide bonds. The van der Waals surface area contributed by atoms with Gasteiger partial charge >= 0.3 is 0 Å². The van der Waals surface area contributed by atoms with Crippen molar-refractivity contribution in [3.63, 3.8) is 0 Å². The molecule has 2 aromatic rings. The van der Waals surface area contributed by atoms with Crippen LogP contribution in [0.15, 0.2) is 22.7 Å². The third kappa shape index (κ3) is 1.68. The summed E-state index contributed by atoms with van der Waals surface area (Å²) in [5, 5.41) is 3.91. The van der Waals surface area contributed by atoms with E-state index in [9.17, 15) is 0 Å². The average Bonchev–Trinajstić information content (AvgIpc) is 2.92. The van der Waals surface area contributed by atoms with E-state index in [0.717, 1.165) is 23.3 Å². The van der Waals surface area contributed by atoms with Crippen LogP contribution in [0, 0.1) is 0 Å². The lowest BCUT2D eigenvalue weighted by molar-refractivity contribution is 0.243. The number of nitrogens with zero attached hydrogens (tertiary/aromatic N) is 1. The first-order valence-corrected chi connectivity index (χ1v) is 5.77. The number of hydrogen-bond donors (Lipinski definition) is 1. The quantitative estimate of drug-likeness (QED) is 0.880. The molecule has 94 valence electrons. The zero-order chi connectivity index (χ0) is 12.7. The molecule has 0 aliphatic carbocycles. The molecule has 1 aliphatic heterocycles. The maximum atomic E-state index is 5.73. The highest BCUT2D eigenvalue weighted by Gasteiger charge is 2.24. The molecule has 1 aliphatic rings. The van der Waals surface area contributed by atoms with Gasteiger partial charge in [0.15, 0.2) is 11.5 Å². The van der Waals surface area contributed by atoms with Crippen molar-refractivity contribution in [1.82, 2.24) is 5.16 Å². The van der Waals surface area contributed by atoms with Crippen molar-refractivity contribution in [3.8, 4) is 22.8 Å². The summed E-state index contributed by atoms with van der Waals surface area (Å²) in [4.78, 5) is 0. The minimum Gasteiger partial charge on any atom is -0.493 e. The van der Waals surface area contributed by atoms with Gasteiger partial charge < -0.3 is 19.7 Å². The van der Waals surface area contributed by atoms with Crippen molar-refractivity contribution in [2.45, 2.75) is 19.4 Å². The van der Waals surface area contributed by atoms with Crippen molar-refractivity contribution in [2.75, 3.05) is 12.8 Å². The number of aromatic nitrogens is 1. The van der Waals surface area contributed by atoms with Gasteiger partial charge in [-0.2, -0.15) is 0 Å². The van der Waals surface area contributed by atoms with Crippen molar-refractivity contribution in [1.29, 1.82) is 0 Å². The van der Waals surface area contributed by atoms with E-state index in [1.54, 1.807) is 13.2 Å². The maximum Gasteiger partial charge on any atom is 0.222 e. The predicted molar refractivity (Wildman–Crippen MR) is 66.7 cm³/mol. The van der Waals surface area contributed by atoms with E-state index in [2.05, 4.69) is 5.16 Å². The molecule has 5 nitrogen and oxygen atoms in total.